The van der Waals surface area contributed by atoms with Crippen LogP contribution in [-0.4, -0.2) is 23.3 Å². The van der Waals surface area contributed by atoms with Crippen molar-refractivity contribution in [3.63, 3.8) is 0 Å². The molecule has 0 aliphatic carbocycles. The largest absolute Gasteiger partial charge is 0.350 e. The first kappa shape index (κ1) is 19.4. The Bertz CT molecular complexity index is 1090. The fourth-order valence-corrected chi connectivity index (χ4v) is 2.67. The third-order valence-electron chi connectivity index (χ3n) is 4.02. The van der Waals surface area contributed by atoms with Gasteiger partial charge in [-0.2, -0.15) is 0 Å². The van der Waals surface area contributed by atoms with Crippen LogP contribution < -0.4 is 16.2 Å². The van der Waals surface area contributed by atoms with Gasteiger partial charge >= 0.3 is 0 Å². The molecule has 0 fully saturated rings. The van der Waals surface area contributed by atoms with Gasteiger partial charge in [-0.05, 0) is 41.3 Å². The number of para-hydroxylation sites is 1. The van der Waals surface area contributed by atoms with Gasteiger partial charge in [-0.25, -0.2) is 0 Å². The molecule has 1 heterocycles. The molecule has 6 nitrogen and oxygen atoms in total. The summed E-state index contributed by atoms with van der Waals surface area (Å²) in [6.07, 6.45) is 2.65. The minimum atomic E-state index is -0.464. The fourth-order valence-electron chi connectivity index (χ4n) is 2.55. The van der Waals surface area contributed by atoms with Gasteiger partial charge in [-0.3, -0.25) is 14.4 Å². The molecule has 0 radical (unpaired) electrons. The number of nitrogens with one attached hydrogen (secondary N) is 3. The van der Waals surface area contributed by atoms with Crippen LogP contribution >= 0.6 is 11.6 Å². The van der Waals surface area contributed by atoms with E-state index in [2.05, 4.69) is 15.6 Å². The van der Waals surface area contributed by atoms with Crippen molar-refractivity contribution in [3.8, 4) is 0 Å². The maximum absolute atomic E-state index is 12.0. The highest BCUT2D eigenvalue weighted by atomic mass is 35.5. The predicted octanol–water partition coefficient (Wildman–Crippen LogP) is 2.63. The van der Waals surface area contributed by atoms with E-state index in [0.29, 0.717) is 17.1 Å². The molecule has 0 spiro atoms. The Kier molecular flexibility index (Phi) is 6.24. The summed E-state index contributed by atoms with van der Waals surface area (Å²) in [5, 5.41) is 6.67. The zero-order chi connectivity index (χ0) is 19.9. The topological polar surface area (TPSA) is 91.1 Å². The van der Waals surface area contributed by atoms with E-state index in [1.807, 2.05) is 30.3 Å². The number of carbonyl (C=O) groups excluding carboxylic acids is 2. The van der Waals surface area contributed by atoms with E-state index in [-0.39, 0.29) is 18.0 Å². The number of pyridine rings is 1. The van der Waals surface area contributed by atoms with Crippen LogP contribution in [0.1, 0.15) is 11.1 Å². The number of hydrogen-bond donors (Lipinski definition) is 3. The molecular formula is C21H18ClN3O3. The van der Waals surface area contributed by atoms with Crippen molar-refractivity contribution in [1.82, 2.24) is 15.6 Å². The van der Waals surface area contributed by atoms with Crippen LogP contribution in [-0.2, 0) is 16.1 Å². The Hall–Kier alpha value is -3.38. The summed E-state index contributed by atoms with van der Waals surface area (Å²) in [6.45, 7) is 0.180. The summed E-state index contributed by atoms with van der Waals surface area (Å²) in [4.78, 5) is 38.5. The molecule has 2 amide bonds. The Labute approximate surface area is 166 Å². The lowest BCUT2D eigenvalue weighted by atomic mass is 10.1. The van der Waals surface area contributed by atoms with E-state index in [4.69, 9.17) is 11.6 Å². The molecule has 0 saturated heterocycles. The van der Waals surface area contributed by atoms with Crippen molar-refractivity contribution in [2.75, 3.05) is 6.54 Å². The van der Waals surface area contributed by atoms with E-state index < -0.39 is 5.91 Å². The molecule has 0 bridgehead atoms. The van der Waals surface area contributed by atoms with Gasteiger partial charge in [0, 0.05) is 28.7 Å². The van der Waals surface area contributed by atoms with Crippen molar-refractivity contribution in [2.45, 2.75) is 6.54 Å². The first-order valence-electron chi connectivity index (χ1n) is 8.60. The zero-order valence-corrected chi connectivity index (χ0v) is 15.6. The highest BCUT2D eigenvalue weighted by Crippen LogP contribution is 2.11. The lowest BCUT2D eigenvalue weighted by molar-refractivity contribution is -0.124. The van der Waals surface area contributed by atoms with Crippen molar-refractivity contribution < 1.29 is 9.59 Å². The van der Waals surface area contributed by atoms with E-state index >= 15 is 0 Å². The van der Waals surface area contributed by atoms with Crippen LogP contribution in [0.5, 0.6) is 0 Å². The molecule has 3 aromatic rings. The Morgan fingerprint density at radius 3 is 2.57 bits per heavy atom. The van der Waals surface area contributed by atoms with Gasteiger partial charge in [0.05, 0.1) is 6.54 Å². The molecule has 1 aromatic heterocycles. The van der Waals surface area contributed by atoms with Crippen LogP contribution in [0, 0.1) is 0 Å². The van der Waals surface area contributed by atoms with Crippen LogP contribution in [0.25, 0.3) is 17.0 Å². The minimum Gasteiger partial charge on any atom is -0.350 e. The Morgan fingerprint density at radius 2 is 1.79 bits per heavy atom. The van der Waals surface area contributed by atoms with Crippen molar-refractivity contribution >= 4 is 40.4 Å². The van der Waals surface area contributed by atoms with Gasteiger partial charge in [-0.1, -0.05) is 41.9 Å². The number of H-pyrrole nitrogens is 1. The Balaban J connectivity index is 1.51. The molecule has 3 rings (SSSR count). The molecule has 0 atom stereocenters. The molecule has 0 unspecified atom stereocenters. The molecular weight excluding hydrogens is 378 g/mol. The normalized spacial score (nSPS) is 10.9. The lowest BCUT2D eigenvalue weighted by Gasteiger charge is -2.06. The highest BCUT2D eigenvalue weighted by Gasteiger charge is 2.04. The number of aromatic amines is 1. The number of halogens is 1. The second-order valence-electron chi connectivity index (χ2n) is 6.10. The number of rotatable bonds is 6. The molecule has 142 valence electrons. The van der Waals surface area contributed by atoms with E-state index in [1.54, 1.807) is 24.3 Å². The first-order chi connectivity index (χ1) is 13.5. The SMILES string of the molecule is O=C(/C=C/c1cc2ccccc2[nH]c1=O)NCC(=O)NCc1ccc(Cl)cc1. The van der Waals surface area contributed by atoms with E-state index in [9.17, 15) is 14.4 Å². The lowest BCUT2D eigenvalue weighted by Crippen LogP contribution is -2.35. The number of hydrogen-bond acceptors (Lipinski definition) is 3. The van der Waals surface area contributed by atoms with Crippen LogP contribution in [0.15, 0.2) is 65.5 Å². The monoisotopic (exact) mass is 395 g/mol. The second kappa shape index (κ2) is 9.01. The molecule has 28 heavy (non-hydrogen) atoms. The van der Waals surface area contributed by atoms with Crippen molar-refractivity contribution in [1.29, 1.82) is 0 Å². The standard InChI is InChI=1S/C21H18ClN3O3/c22-17-8-5-14(6-9-17)12-23-20(27)13-24-19(26)10-7-16-11-15-3-1-2-4-18(15)25-21(16)28/h1-11H,12-13H2,(H,23,27)(H,24,26)(H,25,28)/b10-7+. The van der Waals surface area contributed by atoms with E-state index in [1.165, 1.54) is 12.2 Å². The van der Waals surface area contributed by atoms with Crippen LogP contribution in [0.2, 0.25) is 5.02 Å². The van der Waals surface area contributed by atoms with Gasteiger partial charge in [0.2, 0.25) is 11.8 Å². The molecule has 0 aliphatic heterocycles. The summed E-state index contributed by atoms with van der Waals surface area (Å²) in [7, 11) is 0. The van der Waals surface area contributed by atoms with Gasteiger partial charge in [0.15, 0.2) is 0 Å². The molecule has 0 saturated carbocycles. The first-order valence-corrected chi connectivity index (χ1v) is 8.98. The maximum atomic E-state index is 12.0. The quantitative estimate of drug-likeness (QED) is 0.560. The highest BCUT2D eigenvalue weighted by molar-refractivity contribution is 6.30. The van der Waals surface area contributed by atoms with E-state index in [0.717, 1.165) is 16.5 Å². The summed E-state index contributed by atoms with van der Waals surface area (Å²) in [5.41, 5.74) is 1.70. The smallest absolute Gasteiger partial charge is 0.255 e. The Morgan fingerprint density at radius 1 is 1.04 bits per heavy atom. The fraction of sp³-hybridized carbons (Fsp3) is 0.0952. The van der Waals surface area contributed by atoms with Crippen molar-refractivity contribution in [2.24, 2.45) is 0 Å². The van der Waals surface area contributed by atoms with Gasteiger partial charge in [0.1, 0.15) is 0 Å². The van der Waals surface area contributed by atoms with Crippen molar-refractivity contribution in [3.05, 3.63) is 87.2 Å². The molecule has 2 aromatic carbocycles. The minimum absolute atomic E-state index is 0.162. The van der Waals surface area contributed by atoms with Gasteiger partial charge in [-0.15, -0.1) is 0 Å². The number of carbonyl (C=O) groups is 2. The van der Waals surface area contributed by atoms with Crippen LogP contribution in [0.3, 0.4) is 0 Å². The van der Waals surface area contributed by atoms with Crippen LogP contribution in [0.4, 0.5) is 0 Å². The maximum Gasteiger partial charge on any atom is 0.255 e. The number of fused-ring (bicyclic) bond motifs is 1. The van der Waals surface area contributed by atoms with Gasteiger partial charge < -0.3 is 15.6 Å². The van der Waals surface area contributed by atoms with Gasteiger partial charge in [0.25, 0.3) is 5.56 Å². The average molecular weight is 396 g/mol. The summed E-state index contributed by atoms with van der Waals surface area (Å²) < 4.78 is 0. The third-order valence-corrected chi connectivity index (χ3v) is 4.27. The number of benzene rings is 2. The summed E-state index contributed by atoms with van der Waals surface area (Å²) in [5.74, 6) is -0.783. The zero-order valence-electron chi connectivity index (χ0n) is 14.9. The molecule has 3 N–H and O–H groups in total. The summed E-state index contributed by atoms with van der Waals surface area (Å²) >= 11 is 5.81. The summed E-state index contributed by atoms with van der Waals surface area (Å²) in [6, 6.07) is 16.2. The number of amides is 2. The number of aromatic nitrogens is 1. The predicted molar refractivity (Wildman–Crippen MR) is 110 cm³/mol. The molecule has 0 aliphatic rings. The second-order valence-corrected chi connectivity index (χ2v) is 6.53. The molecule has 7 heteroatoms. The third kappa shape index (κ3) is 5.31. The average Bonchev–Trinajstić information content (AvgIpc) is 2.70.